The van der Waals surface area contributed by atoms with E-state index in [0.717, 1.165) is 30.5 Å². The van der Waals surface area contributed by atoms with E-state index in [0.29, 0.717) is 24.3 Å². The third-order valence-corrected chi connectivity index (χ3v) is 5.39. The summed E-state index contributed by atoms with van der Waals surface area (Å²) in [6.45, 7) is 1.61. The molecule has 1 saturated heterocycles. The first kappa shape index (κ1) is 21.3. The first-order chi connectivity index (χ1) is 15.6. The van der Waals surface area contributed by atoms with E-state index in [1.807, 2.05) is 36.5 Å². The van der Waals surface area contributed by atoms with Gasteiger partial charge in [0.25, 0.3) is 5.91 Å². The van der Waals surface area contributed by atoms with Gasteiger partial charge in [0.1, 0.15) is 0 Å². The van der Waals surface area contributed by atoms with Crippen molar-refractivity contribution in [3.05, 3.63) is 78.1 Å². The third-order valence-electron chi connectivity index (χ3n) is 5.39. The maximum atomic E-state index is 12.9. The third kappa shape index (κ3) is 5.03. The van der Waals surface area contributed by atoms with Gasteiger partial charge in [0, 0.05) is 32.0 Å². The molecule has 0 aliphatic carbocycles. The molecule has 4 rings (SSSR count). The van der Waals surface area contributed by atoms with Crippen LogP contribution in [0, 0.1) is 0 Å². The number of rotatable bonds is 5. The maximum Gasteiger partial charge on any atom is 0.313 e. The predicted octanol–water partition coefficient (Wildman–Crippen LogP) is 2.75. The number of nitrogens with one attached hydrogen (secondary N) is 2. The molecule has 164 valence electrons. The van der Waals surface area contributed by atoms with Crippen LogP contribution in [0.3, 0.4) is 0 Å². The molecular weight excluding hydrogens is 406 g/mol. The fourth-order valence-electron chi connectivity index (χ4n) is 3.72. The zero-order valence-electron chi connectivity index (χ0n) is 17.7. The normalized spacial score (nSPS) is 13.4. The minimum absolute atomic E-state index is 0.128. The topological polar surface area (TPSA) is 96.3 Å². The Morgan fingerprint density at radius 1 is 0.906 bits per heavy atom. The minimum Gasteiger partial charge on any atom is -0.344 e. The van der Waals surface area contributed by atoms with Crippen LogP contribution in [0.15, 0.2) is 67.0 Å². The van der Waals surface area contributed by atoms with E-state index >= 15 is 0 Å². The number of benzene rings is 2. The lowest BCUT2D eigenvalue weighted by Gasteiger charge is -2.27. The van der Waals surface area contributed by atoms with Crippen LogP contribution in [0.1, 0.15) is 35.2 Å². The Labute approximate surface area is 186 Å². The van der Waals surface area contributed by atoms with Crippen LogP contribution in [0.2, 0.25) is 0 Å². The molecule has 1 aliphatic rings. The molecule has 2 aromatic carbocycles. The van der Waals surface area contributed by atoms with Crippen molar-refractivity contribution in [1.82, 2.24) is 20.0 Å². The summed E-state index contributed by atoms with van der Waals surface area (Å²) in [5, 5.41) is 9.40. The number of nitrogens with zero attached hydrogens (tertiary/aromatic N) is 3. The molecule has 1 aromatic heterocycles. The second-order valence-electron chi connectivity index (χ2n) is 7.66. The van der Waals surface area contributed by atoms with Crippen LogP contribution in [0.4, 0.5) is 5.69 Å². The number of hydrogen-bond acceptors (Lipinski definition) is 4. The lowest BCUT2D eigenvalue weighted by atomic mass is 10.1. The average molecular weight is 431 g/mol. The zero-order chi connectivity index (χ0) is 22.3. The van der Waals surface area contributed by atoms with Gasteiger partial charge in [-0.05, 0) is 55.2 Å². The average Bonchev–Trinajstić information content (AvgIpc) is 3.38. The van der Waals surface area contributed by atoms with Crippen LogP contribution in [-0.2, 0) is 16.1 Å². The number of para-hydroxylation sites is 1. The highest BCUT2D eigenvalue weighted by atomic mass is 16.2. The molecule has 3 amide bonds. The van der Waals surface area contributed by atoms with Gasteiger partial charge in [0.15, 0.2) is 0 Å². The minimum atomic E-state index is -0.813. The molecule has 2 heterocycles. The Hall–Kier alpha value is -3.94. The molecule has 8 heteroatoms. The summed E-state index contributed by atoms with van der Waals surface area (Å²) in [6.07, 6.45) is 6.59. The second kappa shape index (κ2) is 9.91. The highest BCUT2D eigenvalue weighted by molar-refractivity contribution is 6.40. The molecular formula is C24H25N5O3. The number of piperidine rings is 1. The van der Waals surface area contributed by atoms with Gasteiger partial charge in [0.05, 0.1) is 16.9 Å². The maximum absolute atomic E-state index is 12.9. The van der Waals surface area contributed by atoms with Crippen molar-refractivity contribution in [3.8, 4) is 5.69 Å². The van der Waals surface area contributed by atoms with Crippen molar-refractivity contribution < 1.29 is 14.4 Å². The zero-order valence-corrected chi connectivity index (χ0v) is 17.7. The van der Waals surface area contributed by atoms with Gasteiger partial charge < -0.3 is 15.5 Å². The van der Waals surface area contributed by atoms with Gasteiger partial charge in [-0.3, -0.25) is 14.4 Å². The van der Waals surface area contributed by atoms with Crippen molar-refractivity contribution in [1.29, 1.82) is 0 Å². The smallest absolute Gasteiger partial charge is 0.313 e. The lowest BCUT2D eigenvalue weighted by Crippen LogP contribution is -2.37. The van der Waals surface area contributed by atoms with Gasteiger partial charge in [-0.15, -0.1) is 0 Å². The van der Waals surface area contributed by atoms with Crippen LogP contribution < -0.4 is 10.6 Å². The van der Waals surface area contributed by atoms with Crippen molar-refractivity contribution in [3.63, 3.8) is 0 Å². The summed E-state index contributed by atoms with van der Waals surface area (Å²) in [6, 6.07) is 16.1. The van der Waals surface area contributed by atoms with E-state index < -0.39 is 11.8 Å². The van der Waals surface area contributed by atoms with Crippen molar-refractivity contribution >= 4 is 23.4 Å². The fourth-order valence-corrected chi connectivity index (χ4v) is 3.72. The van der Waals surface area contributed by atoms with Crippen LogP contribution in [0.5, 0.6) is 0 Å². The molecule has 0 unspecified atom stereocenters. The van der Waals surface area contributed by atoms with Crippen molar-refractivity contribution in [2.75, 3.05) is 18.4 Å². The molecule has 1 fully saturated rings. The fraction of sp³-hybridized carbons (Fsp3) is 0.250. The van der Waals surface area contributed by atoms with Gasteiger partial charge in [-0.25, -0.2) is 4.68 Å². The quantitative estimate of drug-likeness (QED) is 0.607. The standard InChI is InChI=1S/C24H25N5O3/c30-22(25-17-18-8-6-9-19(16-18)29-15-7-12-26-29)23(31)27-21-11-3-2-10-20(21)24(32)28-13-4-1-5-14-28/h2-3,6-12,15-16H,1,4-5,13-14,17H2,(H,25,30)(H,27,31). The van der Waals surface area contributed by atoms with Crippen LogP contribution in [-0.4, -0.2) is 45.5 Å². The van der Waals surface area contributed by atoms with Crippen molar-refractivity contribution in [2.24, 2.45) is 0 Å². The SMILES string of the molecule is O=C(NCc1cccc(-n2cccn2)c1)C(=O)Nc1ccccc1C(=O)N1CCCCC1. The van der Waals surface area contributed by atoms with E-state index in [1.165, 1.54) is 0 Å². The predicted molar refractivity (Wildman–Crippen MR) is 120 cm³/mol. The van der Waals surface area contributed by atoms with Crippen molar-refractivity contribution in [2.45, 2.75) is 25.8 Å². The summed E-state index contributed by atoms with van der Waals surface area (Å²) in [4.78, 5) is 39.5. The number of amides is 3. The first-order valence-corrected chi connectivity index (χ1v) is 10.7. The van der Waals surface area contributed by atoms with E-state index in [-0.39, 0.29) is 12.5 Å². The molecule has 0 spiro atoms. The summed E-state index contributed by atoms with van der Waals surface area (Å²) >= 11 is 0. The Morgan fingerprint density at radius 2 is 1.72 bits per heavy atom. The number of likely N-dealkylation sites (tertiary alicyclic amines) is 1. The number of carbonyl (C=O) groups is 3. The molecule has 3 aromatic rings. The summed E-state index contributed by atoms with van der Waals surface area (Å²) in [7, 11) is 0. The van der Waals surface area contributed by atoms with Gasteiger partial charge in [-0.2, -0.15) is 5.10 Å². The Morgan fingerprint density at radius 3 is 2.50 bits per heavy atom. The van der Waals surface area contributed by atoms with Gasteiger partial charge >= 0.3 is 11.8 Å². The Balaban J connectivity index is 1.38. The largest absolute Gasteiger partial charge is 0.344 e. The van der Waals surface area contributed by atoms with E-state index in [1.54, 1.807) is 40.0 Å². The summed E-state index contributed by atoms with van der Waals surface area (Å²) < 4.78 is 1.72. The van der Waals surface area contributed by atoms with Crippen LogP contribution in [0.25, 0.3) is 5.69 Å². The lowest BCUT2D eigenvalue weighted by molar-refractivity contribution is -0.136. The Bertz CT molecular complexity index is 1100. The van der Waals surface area contributed by atoms with Gasteiger partial charge in [0.2, 0.25) is 0 Å². The Kier molecular flexibility index (Phi) is 6.60. The highest BCUT2D eigenvalue weighted by Crippen LogP contribution is 2.20. The van der Waals surface area contributed by atoms with E-state index in [2.05, 4.69) is 15.7 Å². The number of hydrogen-bond donors (Lipinski definition) is 2. The molecule has 0 atom stereocenters. The van der Waals surface area contributed by atoms with E-state index in [4.69, 9.17) is 0 Å². The molecule has 0 saturated carbocycles. The summed E-state index contributed by atoms with van der Waals surface area (Å²) in [5.74, 6) is -1.71. The molecule has 2 N–H and O–H groups in total. The van der Waals surface area contributed by atoms with E-state index in [9.17, 15) is 14.4 Å². The number of aromatic nitrogens is 2. The van der Waals surface area contributed by atoms with Crippen LogP contribution >= 0.6 is 0 Å². The first-order valence-electron chi connectivity index (χ1n) is 10.7. The second-order valence-corrected chi connectivity index (χ2v) is 7.66. The highest BCUT2D eigenvalue weighted by Gasteiger charge is 2.22. The molecule has 8 nitrogen and oxygen atoms in total. The number of anilines is 1. The molecule has 0 bridgehead atoms. The van der Waals surface area contributed by atoms with Gasteiger partial charge in [-0.1, -0.05) is 24.3 Å². The monoisotopic (exact) mass is 431 g/mol. The molecule has 32 heavy (non-hydrogen) atoms. The molecule has 1 aliphatic heterocycles. The summed E-state index contributed by atoms with van der Waals surface area (Å²) in [5.41, 5.74) is 2.42. The number of carbonyl (C=O) groups excluding carboxylic acids is 3. The molecule has 0 radical (unpaired) electrons.